The van der Waals surface area contributed by atoms with Crippen LogP contribution in [0, 0.1) is 0 Å². The summed E-state index contributed by atoms with van der Waals surface area (Å²) in [6, 6.07) is 0. The number of allylic oxidation sites excluding steroid dienone is 12. The van der Waals surface area contributed by atoms with Crippen molar-refractivity contribution in [3.8, 4) is 0 Å². The van der Waals surface area contributed by atoms with Crippen LogP contribution in [0.5, 0.6) is 0 Å². The standard InChI is InChI=1S/C63H110O6/c1-4-7-10-13-16-19-22-25-28-30-31-33-35-38-41-44-47-50-53-56-62(65)68-59-60(58-67-61(64)55-52-49-46-43-40-37-34-27-24-21-18-15-12-9-6-3)69-63(66)57-54-51-48-45-42-39-36-32-29-26-23-20-17-14-11-8-5-2/h17-18,20-21,25-29,34,40,43,60H,4-16,19,22-24,30-33,35-39,41-42,44-59H2,1-3H3/b20-17-,21-18-,28-25-,29-26-,34-27-,43-40-/t60-/m1/s1. The van der Waals surface area contributed by atoms with Crippen molar-refractivity contribution in [2.45, 2.75) is 297 Å². The predicted octanol–water partition coefficient (Wildman–Crippen LogP) is 19.8. The molecule has 6 heteroatoms. The van der Waals surface area contributed by atoms with Gasteiger partial charge >= 0.3 is 17.9 Å². The molecule has 0 heterocycles. The Labute approximate surface area is 427 Å². The molecule has 0 aliphatic heterocycles. The van der Waals surface area contributed by atoms with Crippen molar-refractivity contribution in [2.75, 3.05) is 13.2 Å². The van der Waals surface area contributed by atoms with Crippen molar-refractivity contribution < 1.29 is 28.6 Å². The number of hydrogen-bond donors (Lipinski definition) is 0. The van der Waals surface area contributed by atoms with Gasteiger partial charge in [-0.15, -0.1) is 0 Å². The van der Waals surface area contributed by atoms with Gasteiger partial charge in [0, 0.05) is 19.3 Å². The zero-order valence-electron chi connectivity index (χ0n) is 45.6. The lowest BCUT2D eigenvalue weighted by atomic mass is 10.1. The van der Waals surface area contributed by atoms with Crippen LogP contribution < -0.4 is 0 Å². The van der Waals surface area contributed by atoms with Crippen molar-refractivity contribution in [1.82, 2.24) is 0 Å². The third kappa shape index (κ3) is 55.6. The Bertz CT molecular complexity index is 1290. The number of rotatable bonds is 53. The third-order valence-corrected chi connectivity index (χ3v) is 12.7. The minimum absolute atomic E-state index is 0.0911. The van der Waals surface area contributed by atoms with Crippen molar-refractivity contribution >= 4 is 17.9 Å². The van der Waals surface area contributed by atoms with E-state index in [4.69, 9.17) is 14.2 Å². The summed E-state index contributed by atoms with van der Waals surface area (Å²) in [4.78, 5) is 38.2. The van der Waals surface area contributed by atoms with E-state index >= 15 is 0 Å². The highest BCUT2D eigenvalue weighted by Crippen LogP contribution is 2.15. The van der Waals surface area contributed by atoms with Crippen LogP contribution in [0.1, 0.15) is 290 Å². The van der Waals surface area contributed by atoms with Gasteiger partial charge in [-0.25, -0.2) is 0 Å². The lowest BCUT2D eigenvalue weighted by Gasteiger charge is -2.18. The van der Waals surface area contributed by atoms with Gasteiger partial charge in [-0.05, 0) is 116 Å². The van der Waals surface area contributed by atoms with Crippen molar-refractivity contribution in [3.05, 3.63) is 72.9 Å². The van der Waals surface area contributed by atoms with Crippen LogP contribution in [-0.4, -0.2) is 37.2 Å². The largest absolute Gasteiger partial charge is 0.462 e. The fraction of sp³-hybridized carbons (Fsp3) is 0.762. The summed E-state index contributed by atoms with van der Waals surface area (Å²) in [6.07, 6.45) is 73.2. The van der Waals surface area contributed by atoms with Crippen molar-refractivity contribution in [1.29, 1.82) is 0 Å². The third-order valence-electron chi connectivity index (χ3n) is 12.7. The second-order valence-corrected chi connectivity index (χ2v) is 19.5. The summed E-state index contributed by atoms with van der Waals surface area (Å²) in [7, 11) is 0. The average Bonchev–Trinajstić information content (AvgIpc) is 3.35. The fourth-order valence-corrected chi connectivity index (χ4v) is 8.18. The Balaban J connectivity index is 4.42. The SMILES string of the molecule is CCCCC/C=C\C/C=C\C/C=C\CCCCC(=O)OC[C@H](COC(=O)CCCCCCCCCCC/C=C\CCCCCCCC)OC(=O)CCCCCCCCC/C=C\C/C=C\CCCCC. The number of carbonyl (C=O) groups excluding carboxylic acids is 3. The first-order chi connectivity index (χ1) is 34.0. The van der Waals surface area contributed by atoms with E-state index in [9.17, 15) is 14.4 Å². The maximum Gasteiger partial charge on any atom is 0.306 e. The maximum atomic E-state index is 12.9. The molecule has 0 N–H and O–H groups in total. The zero-order chi connectivity index (χ0) is 50.0. The second-order valence-electron chi connectivity index (χ2n) is 19.5. The molecule has 1 atom stereocenters. The van der Waals surface area contributed by atoms with Gasteiger partial charge in [0.1, 0.15) is 13.2 Å². The number of esters is 3. The molecule has 0 unspecified atom stereocenters. The molecule has 0 aromatic carbocycles. The lowest BCUT2D eigenvalue weighted by molar-refractivity contribution is -0.167. The van der Waals surface area contributed by atoms with E-state index in [1.54, 1.807) is 0 Å². The molecule has 0 radical (unpaired) electrons. The van der Waals surface area contributed by atoms with Crippen molar-refractivity contribution in [2.24, 2.45) is 0 Å². The predicted molar refractivity (Wildman–Crippen MR) is 298 cm³/mol. The first-order valence-corrected chi connectivity index (χ1v) is 29.4. The monoisotopic (exact) mass is 963 g/mol. The quantitative estimate of drug-likeness (QED) is 0.0262. The normalized spacial score (nSPS) is 12.6. The molecule has 0 saturated carbocycles. The van der Waals surface area contributed by atoms with Crippen LogP contribution in [0.15, 0.2) is 72.9 Å². The molecule has 0 bridgehead atoms. The Morgan fingerprint density at radius 2 is 0.522 bits per heavy atom. The molecule has 0 aliphatic rings. The lowest BCUT2D eigenvalue weighted by Crippen LogP contribution is -2.30. The van der Waals surface area contributed by atoms with Gasteiger partial charge in [0.05, 0.1) is 0 Å². The molecule has 0 rings (SSSR count). The van der Waals surface area contributed by atoms with E-state index in [0.29, 0.717) is 19.3 Å². The average molecular weight is 964 g/mol. The smallest absolute Gasteiger partial charge is 0.306 e. The molecular weight excluding hydrogens is 853 g/mol. The molecule has 69 heavy (non-hydrogen) atoms. The molecule has 0 fully saturated rings. The summed E-state index contributed by atoms with van der Waals surface area (Å²) in [5, 5.41) is 0. The molecule has 0 saturated heterocycles. The van der Waals surface area contributed by atoms with Gasteiger partial charge in [0.2, 0.25) is 0 Å². The highest BCUT2D eigenvalue weighted by Gasteiger charge is 2.19. The molecule has 0 aromatic rings. The Hall–Kier alpha value is -3.15. The van der Waals surface area contributed by atoms with E-state index in [1.165, 1.54) is 167 Å². The van der Waals surface area contributed by atoms with Crippen LogP contribution in [0.4, 0.5) is 0 Å². The van der Waals surface area contributed by atoms with Gasteiger partial charge in [-0.1, -0.05) is 229 Å². The summed E-state index contributed by atoms with van der Waals surface area (Å²) in [5.74, 6) is -0.932. The van der Waals surface area contributed by atoms with Crippen LogP contribution in [0.3, 0.4) is 0 Å². The van der Waals surface area contributed by atoms with E-state index in [-0.39, 0.29) is 31.1 Å². The van der Waals surface area contributed by atoms with Gasteiger partial charge in [0.15, 0.2) is 6.10 Å². The Morgan fingerprint density at radius 1 is 0.290 bits per heavy atom. The van der Waals surface area contributed by atoms with E-state index in [1.807, 2.05) is 0 Å². The van der Waals surface area contributed by atoms with Crippen LogP contribution in [0.2, 0.25) is 0 Å². The Kier molecular flexibility index (Phi) is 54.8. The first-order valence-electron chi connectivity index (χ1n) is 29.4. The van der Waals surface area contributed by atoms with E-state index in [2.05, 4.69) is 93.7 Å². The van der Waals surface area contributed by atoms with Crippen LogP contribution in [-0.2, 0) is 28.6 Å². The van der Waals surface area contributed by atoms with Crippen LogP contribution in [0.25, 0.3) is 0 Å². The summed E-state index contributed by atoms with van der Waals surface area (Å²) in [5.41, 5.74) is 0. The van der Waals surface area contributed by atoms with Gasteiger partial charge in [0.25, 0.3) is 0 Å². The molecular formula is C63H110O6. The topological polar surface area (TPSA) is 78.9 Å². The summed E-state index contributed by atoms with van der Waals surface area (Å²) in [6.45, 7) is 6.56. The maximum absolute atomic E-state index is 12.9. The molecule has 0 aromatic heterocycles. The second kappa shape index (κ2) is 57.4. The van der Waals surface area contributed by atoms with Gasteiger partial charge < -0.3 is 14.2 Å². The van der Waals surface area contributed by atoms with Gasteiger partial charge in [-0.3, -0.25) is 14.4 Å². The minimum Gasteiger partial charge on any atom is -0.462 e. The highest BCUT2D eigenvalue weighted by atomic mass is 16.6. The number of hydrogen-bond acceptors (Lipinski definition) is 6. The number of ether oxygens (including phenoxy) is 3. The van der Waals surface area contributed by atoms with Crippen LogP contribution >= 0.6 is 0 Å². The van der Waals surface area contributed by atoms with Crippen molar-refractivity contribution in [3.63, 3.8) is 0 Å². The molecule has 0 spiro atoms. The number of unbranched alkanes of at least 4 members (excludes halogenated alkanes) is 30. The minimum atomic E-state index is -0.796. The highest BCUT2D eigenvalue weighted by molar-refractivity contribution is 5.71. The van der Waals surface area contributed by atoms with E-state index < -0.39 is 6.10 Å². The fourth-order valence-electron chi connectivity index (χ4n) is 8.18. The molecule has 0 amide bonds. The zero-order valence-corrected chi connectivity index (χ0v) is 45.6. The Morgan fingerprint density at radius 3 is 0.884 bits per heavy atom. The number of carbonyl (C=O) groups is 3. The first kappa shape index (κ1) is 65.8. The van der Waals surface area contributed by atoms with E-state index in [0.717, 1.165) is 83.5 Å². The molecule has 0 aliphatic carbocycles. The summed E-state index contributed by atoms with van der Waals surface area (Å²) >= 11 is 0. The van der Waals surface area contributed by atoms with Gasteiger partial charge in [-0.2, -0.15) is 0 Å². The summed E-state index contributed by atoms with van der Waals surface area (Å²) < 4.78 is 16.8. The molecule has 6 nitrogen and oxygen atoms in total. The molecule has 398 valence electrons.